The highest BCUT2D eigenvalue weighted by molar-refractivity contribution is 7.92. The van der Waals surface area contributed by atoms with Crippen molar-refractivity contribution in [3.8, 4) is 0 Å². The lowest BCUT2D eigenvalue weighted by molar-refractivity contribution is -0.141. The van der Waals surface area contributed by atoms with Crippen molar-refractivity contribution in [3.05, 3.63) is 65.7 Å². The molecule has 35 heavy (non-hydrogen) atoms. The first-order chi connectivity index (χ1) is 16.6. The number of hydrogen-bond donors (Lipinski definition) is 1. The maximum absolute atomic E-state index is 14.2. The molecule has 10 heteroatoms. The van der Waals surface area contributed by atoms with Crippen LogP contribution in [0.15, 0.2) is 48.5 Å². The van der Waals surface area contributed by atoms with Crippen molar-refractivity contribution in [1.82, 2.24) is 10.2 Å². The first kappa shape index (κ1) is 28.2. The third kappa shape index (κ3) is 8.31. The van der Waals surface area contributed by atoms with Crippen LogP contribution in [0.2, 0.25) is 0 Å². The van der Waals surface area contributed by atoms with E-state index in [2.05, 4.69) is 5.32 Å². The van der Waals surface area contributed by atoms with Crippen LogP contribution in [-0.4, -0.2) is 50.5 Å². The first-order valence-electron chi connectivity index (χ1n) is 11.6. The minimum atomic E-state index is -3.79. The summed E-state index contributed by atoms with van der Waals surface area (Å²) in [6.07, 6.45) is 2.15. The van der Waals surface area contributed by atoms with Gasteiger partial charge in [-0.05, 0) is 49.1 Å². The Labute approximate surface area is 206 Å². The number of benzene rings is 2. The van der Waals surface area contributed by atoms with E-state index in [1.165, 1.54) is 41.3 Å². The number of anilines is 1. The average Bonchev–Trinajstić information content (AvgIpc) is 2.81. The maximum Gasteiger partial charge on any atom is 0.242 e. The molecule has 0 saturated carbocycles. The van der Waals surface area contributed by atoms with Gasteiger partial charge in [-0.3, -0.25) is 13.9 Å². The molecule has 192 valence electrons. The Morgan fingerprint density at radius 2 is 1.69 bits per heavy atom. The average molecular weight is 510 g/mol. The standard InChI is InChI=1S/C25H33F2N3O4S/c1-4-16-28-25(32)22(5-2)29(18-19-12-14-20(26)15-13-19)24(31)11-8-17-30(35(3,33)34)23-10-7-6-9-21(23)27/h6-7,9-10,12-15,22H,4-5,8,11,16-18H2,1-3H3,(H,28,32). The molecular weight excluding hydrogens is 476 g/mol. The van der Waals surface area contributed by atoms with Gasteiger partial charge in [-0.25, -0.2) is 17.2 Å². The van der Waals surface area contributed by atoms with Gasteiger partial charge in [0.1, 0.15) is 17.7 Å². The summed E-state index contributed by atoms with van der Waals surface area (Å²) in [5.41, 5.74) is 0.571. The Bertz CT molecular complexity index is 1090. The fourth-order valence-corrected chi connectivity index (χ4v) is 4.67. The van der Waals surface area contributed by atoms with E-state index in [0.717, 1.165) is 17.0 Å². The summed E-state index contributed by atoms with van der Waals surface area (Å²) in [7, 11) is -3.79. The zero-order valence-electron chi connectivity index (χ0n) is 20.3. The zero-order valence-corrected chi connectivity index (χ0v) is 21.2. The van der Waals surface area contributed by atoms with Crippen LogP contribution >= 0.6 is 0 Å². The number of nitrogens with one attached hydrogen (secondary N) is 1. The molecule has 0 heterocycles. The summed E-state index contributed by atoms with van der Waals surface area (Å²) in [6.45, 7) is 4.19. The number of hydrogen-bond acceptors (Lipinski definition) is 4. The highest BCUT2D eigenvalue weighted by atomic mass is 32.2. The molecule has 1 atom stereocenters. The molecule has 0 spiro atoms. The van der Waals surface area contributed by atoms with E-state index in [1.807, 2.05) is 6.92 Å². The Morgan fingerprint density at radius 1 is 1.03 bits per heavy atom. The van der Waals surface area contributed by atoms with Crippen molar-refractivity contribution in [3.63, 3.8) is 0 Å². The summed E-state index contributed by atoms with van der Waals surface area (Å²) in [4.78, 5) is 27.5. The van der Waals surface area contributed by atoms with Gasteiger partial charge in [0.05, 0.1) is 11.9 Å². The minimum absolute atomic E-state index is 0.0563. The van der Waals surface area contributed by atoms with Gasteiger partial charge in [-0.1, -0.05) is 38.1 Å². The molecule has 1 N–H and O–H groups in total. The van der Waals surface area contributed by atoms with Gasteiger partial charge in [0, 0.05) is 26.1 Å². The van der Waals surface area contributed by atoms with Crippen molar-refractivity contribution < 1.29 is 26.8 Å². The van der Waals surface area contributed by atoms with Gasteiger partial charge in [-0.15, -0.1) is 0 Å². The van der Waals surface area contributed by atoms with Crippen LogP contribution in [0, 0.1) is 11.6 Å². The molecular formula is C25H33F2N3O4S. The number of nitrogens with zero attached hydrogens (tertiary/aromatic N) is 2. The third-order valence-corrected chi connectivity index (χ3v) is 6.65. The molecule has 1 unspecified atom stereocenters. The Kier molecular flexibility index (Phi) is 10.6. The largest absolute Gasteiger partial charge is 0.354 e. The number of rotatable bonds is 13. The lowest BCUT2D eigenvalue weighted by atomic mass is 10.1. The summed E-state index contributed by atoms with van der Waals surface area (Å²) >= 11 is 0. The fraction of sp³-hybridized carbons (Fsp3) is 0.440. The first-order valence-corrected chi connectivity index (χ1v) is 13.5. The van der Waals surface area contributed by atoms with Crippen LogP contribution in [0.25, 0.3) is 0 Å². The lowest BCUT2D eigenvalue weighted by Crippen LogP contribution is -2.49. The molecule has 0 radical (unpaired) electrons. The van der Waals surface area contributed by atoms with Crippen LogP contribution < -0.4 is 9.62 Å². The second kappa shape index (κ2) is 13.2. The van der Waals surface area contributed by atoms with Gasteiger partial charge in [-0.2, -0.15) is 0 Å². The normalized spacial score (nSPS) is 12.1. The second-order valence-electron chi connectivity index (χ2n) is 8.25. The van der Waals surface area contributed by atoms with E-state index in [9.17, 15) is 26.8 Å². The number of amides is 2. The van der Waals surface area contributed by atoms with Crippen LogP contribution in [0.1, 0.15) is 45.1 Å². The van der Waals surface area contributed by atoms with Crippen LogP contribution in [-0.2, 0) is 26.2 Å². The van der Waals surface area contributed by atoms with Gasteiger partial charge < -0.3 is 10.2 Å². The highest BCUT2D eigenvalue weighted by Gasteiger charge is 2.29. The van der Waals surface area contributed by atoms with Gasteiger partial charge in [0.15, 0.2) is 0 Å². The van der Waals surface area contributed by atoms with Crippen molar-refractivity contribution in [2.75, 3.05) is 23.7 Å². The summed E-state index contributed by atoms with van der Waals surface area (Å²) in [5, 5.41) is 2.81. The Morgan fingerprint density at radius 3 is 2.26 bits per heavy atom. The molecule has 0 aliphatic heterocycles. The number of para-hydroxylation sites is 1. The van der Waals surface area contributed by atoms with Crippen LogP contribution in [0.5, 0.6) is 0 Å². The van der Waals surface area contributed by atoms with Crippen molar-refractivity contribution in [2.24, 2.45) is 0 Å². The quantitative estimate of drug-likeness (QED) is 0.445. The number of carbonyl (C=O) groups excluding carboxylic acids is 2. The van der Waals surface area contributed by atoms with E-state index in [-0.39, 0.29) is 43.4 Å². The van der Waals surface area contributed by atoms with E-state index in [0.29, 0.717) is 18.5 Å². The maximum atomic E-state index is 14.2. The monoisotopic (exact) mass is 509 g/mol. The topological polar surface area (TPSA) is 86.8 Å². The van der Waals surface area contributed by atoms with E-state index in [1.54, 1.807) is 19.1 Å². The molecule has 7 nitrogen and oxygen atoms in total. The Balaban J connectivity index is 2.20. The molecule has 0 bridgehead atoms. The molecule has 2 aromatic rings. The SMILES string of the molecule is CCCNC(=O)C(CC)N(Cc1ccc(F)cc1)C(=O)CCCN(c1ccccc1F)S(C)(=O)=O. The highest BCUT2D eigenvalue weighted by Crippen LogP contribution is 2.22. The zero-order chi connectivity index (χ0) is 26.0. The predicted molar refractivity (Wildman–Crippen MR) is 132 cm³/mol. The van der Waals surface area contributed by atoms with Gasteiger partial charge >= 0.3 is 0 Å². The molecule has 0 aromatic heterocycles. The van der Waals surface area contributed by atoms with Gasteiger partial charge in [0.2, 0.25) is 21.8 Å². The van der Waals surface area contributed by atoms with Crippen molar-refractivity contribution in [1.29, 1.82) is 0 Å². The molecule has 0 saturated heterocycles. The van der Waals surface area contributed by atoms with Crippen LogP contribution in [0.3, 0.4) is 0 Å². The summed E-state index contributed by atoms with van der Waals surface area (Å²) in [5.74, 6) is -1.72. The lowest BCUT2D eigenvalue weighted by Gasteiger charge is -2.31. The molecule has 2 aromatic carbocycles. The van der Waals surface area contributed by atoms with E-state index in [4.69, 9.17) is 0 Å². The second-order valence-corrected chi connectivity index (χ2v) is 10.2. The fourth-order valence-electron chi connectivity index (χ4n) is 3.71. The summed E-state index contributed by atoms with van der Waals surface area (Å²) < 4.78 is 53.1. The van der Waals surface area contributed by atoms with Crippen molar-refractivity contribution in [2.45, 2.75) is 52.1 Å². The van der Waals surface area contributed by atoms with Crippen molar-refractivity contribution >= 4 is 27.5 Å². The summed E-state index contributed by atoms with van der Waals surface area (Å²) in [6, 6.07) is 10.5. The Hall–Kier alpha value is -3.01. The minimum Gasteiger partial charge on any atom is -0.354 e. The molecule has 2 rings (SSSR count). The van der Waals surface area contributed by atoms with Crippen LogP contribution in [0.4, 0.5) is 14.5 Å². The molecule has 2 amide bonds. The molecule has 0 fully saturated rings. The molecule has 0 aliphatic rings. The number of sulfonamides is 1. The number of carbonyl (C=O) groups is 2. The van der Waals surface area contributed by atoms with Gasteiger partial charge in [0.25, 0.3) is 0 Å². The number of halogens is 2. The predicted octanol–water partition coefficient (Wildman–Crippen LogP) is 3.84. The third-order valence-electron chi connectivity index (χ3n) is 5.47. The smallest absolute Gasteiger partial charge is 0.242 e. The van der Waals surface area contributed by atoms with E-state index < -0.39 is 27.7 Å². The molecule has 0 aliphatic carbocycles. The van der Waals surface area contributed by atoms with E-state index >= 15 is 0 Å².